The summed E-state index contributed by atoms with van der Waals surface area (Å²) in [6.07, 6.45) is 0.992. The van der Waals surface area contributed by atoms with Gasteiger partial charge in [0.1, 0.15) is 0 Å². The standard InChI is InChI=1S/C12H17N3O3/c1-7-13-11(18-14-7)9-5-15-4-3-8(9)10(6-15)12(16)17-2/h8-10H,3-6H2,1-2H3. The average Bonchev–Trinajstić information content (AvgIpc) is 2.85. The molecule has 0 aliphatic carbocycles. The van der Waals surface area contributed by atoms with Crippen LogP contribution in [-0.4, -0.2) is 47.8 Å². The van der Waals surface area contributed by atoms with E-state index in [1.807, 2.05) is 6.92 Å². The zero-order valence-corrected chi connectivity index (χ0v) is 10.6. The Balaban J connectivity index is 1.86. The number of hydrogen-bond acceptors (Lipinski definition) is 6. The predicted octanol–water partition coefficient (Wildman–Crippen LogP) is 0.586. The molecule has 3 saturated heterocycles. The fourth-order valence-corrected chi connectivity index (χ4v) is 3.22. The van der Waals surface area contributed by atoms with Gasteiger partial charge >= 0.3 is 5.97 Å². The lowest BCUT2D eigenvalue weighted by Gasteiger charge is -2.47. The molecule has 0 saturated carbocycles. The Bertz CT molecular complexity index is 459. The molecule has 3 aliphatic heterocycles. The third-order valence-corrected chi connectivity index (χ3v) is 4.09. The van der Waals surface area contributed by atoms with E-state index in [4.69, 9.17) is 9.26 Å². The summed E-state index contributed by atoms with van der Waals surface area (Å²) in [5, 5.41) is 3.84. The summed E-state index contributed by atoms with van der Waals surface area (Å²) in [5.74, 6) is 1.56. The number of aromatic nitrogens is 2. The molecule has 0 aromatic carbocycles. The van der Waals surface area contributed by atoms with Gasteiger partial charge in [-0.05, 0) is 25.8 Å². The number of rotatable bonds is 2. The Morgan fingerprint density at radius 2 is 2.33 bits per heavy atom. The molecule has 4 unspecified atom stereocenters. The van der Waals surface area contributed by atoms with Crippen molar-refractivity contribution < 1.29 is 14.1 Å². The zero-order valence-electron chi connectivity index (χ0n) is 10.6. The van der Waals surface area contributed by atoms with Crippen LogP contribution in [0.15, 0.2) is 4.52 Å². The molecule has 2 bridgehead atoms. The van der Waals surface area contributed by atoms with Gasteiger partial charge in [-0.2, -0.15) is 4.98 Å². The lowest BCUT2D eigenvalue weighted by Crippen LogP contribution is -2.54. The van der Waals surface area contributed by atoms with E-state index in [2.05, 4.69) is 15.0 Å². The number of fused-ring (bicyclic) bond motifs is 3. The third kappa shape index (κ3) is 1.80. The molecule has 0 radical (unpaired) electrons. The maximum absolute atomic E-state index is 11.8. The predicted molar refractivity (Wildman–Crippen MR) is 61.8 cm³/mol. The van der Waals surface area contributed by atoms with Crippen LogP contribution in [0, 0.1) is 18.8 Å². The second kappa shape index (κ2) is 4.35. The lowest BCUT2D eigenvalue weighted by atomic mass is 9.72. The van der Waals surface area contributed by atoms with Crippen LogP contribution < -0.4 is 0 Å². The first kappa shape index (κ1) is 11.6. The van der Waals surface area contributed by atoms with Crippen LogP contribution in [0.25, 0.3) is 0 Å². The highest BCUT2D eigenvalue weighted by atomic mass is 16.5. The largest absolute Gasteiger partial charge is 0.469 e. The number of piperidine rings is 3. The van der Waals surface area contributed by atoms with E-state index in [-0.39, 0.29) is 23.7 Å². The number of methoxy groups -OCH3 is 1. The van der Waals surface area contributed by atoms with E-state index in [0.29, 0.717) is 11.7 Å². The molecule has 0 amide bonds. The molecule has 4 heterocycles. The van der Waals surface area contributed by atoms with Crippen LogP contribution >= 0.6 is 0 Å². The maximum atomic E-state index is 11.8. The molecule has 1 aromatic heterocycles. The molecule has 3 fully saturated rings. The third-order valence-electron chi connectivity index (χ3n) is 4.09. The number of ether oxygens (including phenoxy) is 1. The summed E-state index contributed by atoms with van der Waals surface area (Å²) in [5.41, 5.74) is 0. The second-order valence-electron chi connectivity index (χ2n) is 5.13. The highest BCUT2D eigenvalue weighted by Crippen LogP contribution is 2.42. The molecule has 0 N–H and O–H groups in total. The molecule has 3 aliphatic rings. The van der Waals surface area contributed by atoms with E-state index in [9.17, 15) is 4.79 Å². The highest BCUT2D eigenvalue weighted by molar-refractivity contribution is 5.73. The summed E-state index contributed by atoms with van der Waals surface area (Å²) in [6, 6.07) is 0. The minimum Gasteiger partial charge on any atom is -0.469 e. The van der Waals surface area contributed by atoms with E-state index in [0.717, 1.165) is 26.1 Å². The Morgan fingerprint density at radius 3 is 2.94 bits per heavy atom. The minimum atomic E-state index is -0.120. The van der Waals surface area contributed by atoms with Crippen molar-refractivity contribution in [2.24, 2.45) is 11.8 Å². The van der Waals surface area contributed by atoms with E-state index >= 15 is 0 Å². The minimum absolute atomic E-state index is 0.0605. The molecular weight excluding hydrogens is 234 g/mol. The van der Waals surface area contributed by atoms with Crippen molar-refractivity contribution in [3.63, 3.8) is 0 Å². The maximum Gasteiger partial charge on any atom is 0.310 e. The molecule has 4 rings (SSSR count). The van der Waals surface area contributed by atoms with Gasteiger partial charge in [-0.3, -0.25) is 4.79 Å². The van der Waals surface area contributed by atoms with Crippen LogP contribution in [0.5, 0.6) is 0 Å². The summed E-state index contributed by atoms with van der Waals surface area (Å²) in [7, 11) is 1.45. The van der Waals surface area contributed by atoms with E-state index in [1.165, 1.54) is 7.11 Å². The van der Waals surface area contributed by atoms with Crippen molar-refractivity contribution in [3.05, 3.63) is 11.7 Å². The zero-order chi connectivity index (χ0) is 12.7. The van der Waals surface area contributed by atoms with Gasteiger partial charge in [0.25, 0.3) is 0 Å². The van der Waals surface area contributed by atoms with Gasteiger partial charge in [0, 0.05) is 13.1 Å². The first-order valence-corrected chi connectivity index (χ1v) is 6.29. The highest BCUT2D eigenvalue weighted by Gasteiger charge is 2.47. The van der Waals surface area contributed by atoms with Gasteiger partial charge in [0.15, 0.2) is 5.82 Å². The number of aryl methyl sites for hydroxylation is 1. The Labute approximate surface area is 105 Å². The van der Waals surface area contributed by atoms with Crippen LogP contribution in [0.4, 0.5) is 0 Å². The number of nitrogens with zero attached hydrogens (tertiary/aromatic N) is 3. The van der Waals surface area contributed by atoms with Crippen molar-refractivity contribution in [2.45, 2.75) is 19.3 Å². The molecule has 18 heavy (non-hydrogen) atoms. The average molecular weight is 251 g/mol. The molecule has 0 spiro atoms. The van der Waals surface area contributed by atoms with Gasteiger partial charge in [-0.15, -0.1) is 0 Å². The monoisotopic (exact) mass is 251 g/mol. The van der Waals surface area contributed by atoms with Crippen LogP contribution in [0.2, 0.25) is 0 Å². The summed E-state index contributed by atoms with van der Waals surface area (Å²) >= 11 is 0. The fraction of sp³-hybridized carbons (Fsp3) is 0.750. The van der Waals surface area contributed by atoms with Crippen molar-refractivity contribution >= 4 is 5.97 Å². The lowest BCUT2D eigenvalue weighted by molar-refractivity contribution is -0.153. The van der Waals surface area contributed by atoms with Gasteiger partial charge in [0.2, 0.25) is 5.89 Å². The van der Waals surface area contributed by atoms with Crippen LogP contribution in [0.3, 0.4) is 0 Å². The van der Waals surface area contributed by atoms with Crippen molar-refractivity contribution in [3.8, 4) is 0 Å². The molecule has 98 valence electrons. The first-order chi connectivity index (χ1) is 8.69. The Kier molecular flexibility index (Phi) is 2.81. The quantitative estimate of drug-likeness (QED) is 0.716. The van der Waals surface area contributed by atoms with Crippen molar-refractivity contribution in [2.75, 3.05) is 26.7 Å². The van der Waals surface area contributed by atoms with Gasteiger partial charge in [-0.25, -0.2) is 0 Å². The molecular formula is C12H17N3O3. The summed E-state index contributed by atoms with van der Waals surface area (Å²) in [6.45, 7) is 4.55. The first-order valence-electron chi connectivity index (χ1n) is 6.29. The Morgan fingerprint density at radius 1 is 1.50 bits per heavy atom. The van der Waals surface area contributed by atoms with Crippen LogP contribution in [-0.2, 0) is 9.53 Å². The number of hydrogen-bond donors (Lipinski definition) is 0. The summed E-state index contributed by atoms with van der Waals surface area (Å²) < 4.78 is 10.2. The fourth-order valence-electron chi connectivity index (χ4n) is 3.22. The smallest absolute Gasteiger partial charge is 0.310 e. The van der Waals surface area contributed by atoms with E-state index in [1.54, 1.807) is 0 Å². The molecule has 4 atom stereocenters. The number of carbonyl (C=O) groups is 1. The molecule has 6 heteroatoms. The summed E-state index contributed by atoms with van der Waals surface area (Å²) in [4.78, 5) is 18.4. The van der Waals surface area contributed by atoms with E-state index < -0.39 is 0 Å². The van der Waals surface area contributed by atoms with Gasteiger partial charge in [0.05, 0.1) is 18.9 Å². The topological polar surface area (TPSA) is 68.5 Å². The van der Waals surface area contributed by atoms with Crippen molar-refractivity contribution in [1.82, 2.24) is 15.0 Å². The number of carbonyl (C=O) groups excluding carboxylic acids is 1. The van der Waals surface area contributed by atoms with Gasteiger partial charge in [-0.1, -0.05) is 5.16 Å². The number of esters is 1. The normalized spacial score (nSPS) is 34.6. The van der Waals surface area contributed by atoms with Gasteiger partial charge < -0.3 is 14.2 Å². The second-order valence-corrected chi connectivity index (χ2v) is 5.13. The van der Waals surface area contributed by atoms with Crippen molar-refractivity contribution in [1.29, 1.82) is 0 Å². The van der Waals surface area contributed by atoms with Crippen LogP contribution in [0.1, 0.15) is 24.1 Å². The molecule has 6 nitrogen and oxygen atoms in total. The Hall–Kier alpha value is -1.43. The SMILES string of the molecule is COC(=O)C1CN2CCC1C(c1nc(C)no1)C2. The molecule has 1 aromatic rings.